The van der Waals surface area contributed by atoms with Crippen LogP contribution in [-0.2, 0) is 4.79 Å². The van der Waals surface area contributed by atoms with Gasteiger partial charge in [0.15, 0.2) is 11.5 Å². The molecule has 104 valence electrons. The summed E-state index contributed by atoms with van der Waals surface area (Å²) in [6.45, 7) is 4.94. The van der Waals surface area contributed by atoms with E-state index >= 15 is 0 Å². The van der Waals surface area contributed by atoms with Gasteiger partial charge in [-0.2, -0.15) is 0 Å². The molecule has 1 aromatic carbocycles. The van der Waals surface area contributed by atoms with E-state index in [-0.39, 0.29) is 18.7 Å². The summed E-state index contributed by atoms with van der Waals surface area (Å²) < 4.78 is 11.5. The molecule has 0 fully saturated rings. The number of para-hydroxylation sites is 2. The van der Waals surface area contributed by atoms with Crippen LogP contribution in [-0.4, -0.2) is 47.8 Å². The minimum Gasteiger partial charge on any atom is -0.486 e. The van der Waals surface area contributed by atoms with Crippen molar-refractivity contribution in [3.05, 3.63) is 24.3 Å². The van der Waals surface area contributed by atoms with Crippen LogP contribution in [0.25, 0.3) is 0 Å². The first-order chi connectivity index (χ1) is 9.06. The van der Waals surface area contributed by atoms with Crippen LogP contribution in [0.4, 0.5) is 0 Å². The smallest absolute Gasteiger partial charge is 0.317 e. The minimum atomic E-state index is -0.828. The molecule has 0 radical (unpaired) electrons. The van der Waals surface area contributed by atoms with Gasteiger partial charge in [0.1, 0.15) is 12.7 Å². The lowest BCUT2D eigenvalue weighted by molar-refractivity contribution is -0.139. The Bertz CT molecular complexity index is 447. The largest absolute Gasteiger partial charge is 0.486 e. The third-order valence-electron chi connectivity index (χ3n) is 3.07. The second kappa shape index (κ2) is 5.93. The van der Waals surface area contributed by atoms with Gasteiger partial charge < -0.3 is 14.6 Å². The Morgan fingerprint density at radius 1 is 1.42 bits per heavy atom. The van der Waals surface area contributed by atoms with Crippen molar-refractivity contribution in [1.29, 1.82) is 0 Å². The average molecular weight is 265 g/mol. The predicted molar refractivity (Wildman–Crippen MR) is 70.7 cm³/mol. The van der Waals surface area contributed by atoms with Crippen LogP contribution in [0.3, 0.4) is 0 Å². The number of benzene rings is 1. The van der Waals surface area contributed by atoms with Crippen LogP contribution in [0, 0.1) is 0 Å². The van der Waals surface area contributed by atoms with Gasteiger partial charge in [0.25, 0.3) is 0 Å². The Kier molecular flexibility index (Phi) is 4.27. The van der Waals surface area contributed by atoms with Crippen molar-refractivity contribution in [2.75, 3.05) is 19.7 Å². The number of nitrogens with zero attached hydrogens (tertiary/aromatic N) is 1. The molecule has 1 aliphatic heterocycles. The third kappa shape index (κ3) is 3.61. The van der Waals surface area contributed by atoms with Crippen molar-refractivity contribution in [3.63, 3.8) is 0 Å². The summed E-state index contributed by atoms with van der Waals surface area (Å²) in [5, 5.41) is 8.91. The highest BCUT2D eigenvalue weighted by atomic mass is 16.6. The number of carbonyl (C=O) groups is 1. The van der Waals surface area contributed by atoms with Crippen molar-refractivity contribution in [2.24, 2.45) is 0 Å². The van der Waals surface area contributed by atoms with Crippen LogP contribution in [0.2, 0.25) is 0 Å². The average Bonchev–Trinajstić information content (AvgIpc) is 2.37. The van der Waals surface area contributed by atoms with Crippen molar-refractivity contribution in [3.8, 4) is 11.5 Å². The molecular formula is C14H19NO4. The van der Waals surface area contributed by atoms with E-state index in [1.807, 2.05) is 43.0 Å². The lowest BCUT2D eigenvalue weighted by Gasteiger charge is -2.32. The molecule has 1 atom stereocenters. The summed E-state index contributed by atoms with van der Waals surface area (Å²) >= 11 is 0. The molecule has 0 aliphatic carbocycles. The van der Waals surface area contributed by atoms with Gasteiger partial charge in [-0.05, 0) is 26.0 Å². The number of fused-ring (bicyclic) bond motifs is 1. The summed E-state index contributed by atoms with van der Waals surface area (Å²) in [6.07, 6.45) is -0.142. The van der Waals surface area contributed by atoms with Gasteiger partial charge in [0.05, 0.1) is 6.54 Å². The number of hydrogen-bond acceptors (Lipinski definition) is 4. The molecule has 0 unspecified atom stereocenters. The molecule has 0 amide bonds. The Morgan fingerprint density at radius 3 is 2.74 bits per heavy atom. The zero-order chi connectivity index (χ0) is 13.8. The van der Waals surface area contributed by atoms with Gasteiger partial charge in [-0.1, -0.05) is 12.1 Å². The van der Waals surface area contributed by atoms with Crippen molar-refractivity contribution in [2.45, 2.75) is 26.0 Å². The van der Waals surface area contributed by atoms with E-state index in [0.717, 1.165) is 11.5 Å². The number of ether oxygens (including phenoxy) is 2. The summed E-state index contributed by atoms with van der Waals surface area (Å²) in [5.74, 6) is 0.636. The molecular weight excluding hydrogens is 246 g/mol. The van der Waals surface area contributed by atoms with E-state index in [0.29, 0.717) is 13.2 Å². The molecule has 19 heavy (non-hydrogen) atoms. The number of rotatable bonds is 5. The van der Waals surface area contributed by atoms with Crippen LogP contribution in [0.15, 0.2) is 24.3 Å². The van der Waals surface area contributed by atoms with Gasteiger partial charge in [-0.25, -0.2) is 0 Å². The zero-order valence-corrected chi connectivity index (χ0v) is 11.2. The molecule has 0 saturated heterocycles. The summed E-state index contributed by atoms with van der Waals surface area (Å²) in [5.41, 5.74) is 0. The molecule has 1 heterocycles. The number of carboxylic acids is 1. The maximum absolute atomic E-state index is 10.8. The van der Waals surface area contributed by atoms with E-state index in [1.54, 1.807) is 0 Å². The summed E-state index contributed by atoms with van der Waals surface area (Å²) in [6, 6.07) is 7.66. The number of carboxylic acid groups (broad SMARTS) is 1. The third-order valence-corrected chi connectivity index (χ3v) is 3.07. The molecule has 0 saturated carbocycles. The van der Waals surface area contributed by atoms with Gasteiger partial charge in [0, 0.05) is 12.6 Å². The SMILES string of the molecule is CC(C)N(CC(=O)O)C[C@H]1COc2ccccc2O1. The number of aliphatic carboxylic acids is 1. The Labute approximate surface area is 112 Å². The molecule has 2 rings (SSSR count). The van der Waals surface area contributed by atoms with E-state index in [9.17, 15) is 4.79 Å². The minimum absolute atomic E-state index is 0.0131. The molecule has 0 bridgehead atoms. The molecule has 1 aromatic rings. The normalized spacial score (nSPS) is 17.8. The van der Waals surface area contributed by atoms with Crippen LogP contribution >= 0.6 is 0 Å². The van der Waals surface area contributed by atoms with Gasteiger partial charge in [-0.15, -0.1) is 0 Å². The zero-order valence-electron chi connectivity index (χ0n) is 11.2. The van der Waals surface area contributed by atoms with E-state index in [1.165, 1.54) is 0 Å². The molecule has 0 aromatic heterocycles. The first kappa shape index (κ1) is 13.7. The quantitative estimate of drug-likeness (QED) is 0.876. The van der Waals surface area contributed by atoms with Gasteiger partial charge in [-0.3, -0.25) is 9.69 Å². The van der Waals surface area contributed by atoms with Crippen LogP contribution in [0.5, 0.6) is 11.5 Å². The summed E-state index contributed by atoms with van der Waals surface area (Å²) in [4.78, 5) is 12.7. The van der Waals surface area contributed by atoms with Crippen LogP contribution in [0.1, 0.15) is 13.8 Å². The lowest BCUT2D eigenvalue weighted by Crippen LogP contribution is -2.45. The van der Waals surface area contributed by atoms with E-state index < -0.39 is 5.97 Å². The molecule has 5 heteroatoms. The molecule has 5 nitrogen and oxygen atoms in total. The van der Waals surface area contributed by atoms with Gasteiger partial charge >= 0.3 is 5.97 Å². The number of hydrogen-bond donors (Lipinski definition) is 1. The van der Waals surface area contributed by atoms with Crippen molar-refractivity contribution < 1.29 is 19.4 Å². The summed E-state index contributed by atoms with van der Waals surface area (Å²) in [7, 11) is 0. The fourth-order valence-electron chi connectivity index (χ4n) is 2.05. The Morgan fingerprint density at radius 2 is 2.11 bits per heavy atom. The maximum Gasteiger partial charge on any atom is 0.317 e. The molecule has 0 spiro atoms. The first-order valence-electron chi connectivity index (χ1n) is 6.40. The van der Waals surface area contributed by atoms with Crippen molar-refractivity contribution in [1.82, 2.24) is 4.90 Å². The second-order valence-electron chi connectivity index (χ2n) is 4.91. The highest BCUT2D eigenvalue weighted by molar-refractivity contribution is 5.69. The Balaban J connectivity index is 1.98. The predicted octanol–water partition coefficient (Wildman–Crippen LogP) is 1.62. The van der Waals surface area contributed by atoms with E-state index in [2.05, 4.69) is 0 Å². The topological polar surface area (TPSA) is 59.0 Å². The fraction of sp³-hybridized carbons (Fsp3) is 0.500. The highest BCUT2D eigenvalue weighted by Gasteiger charge is 2.25. The van der Waals surface area contributed by atoms with Crippen molar-refractivity contribution >= 4 is 5.97 Å². The second-order valence-corrected chi connectivity index (χ2v) is 4.91. The van der Waals surface area contributed by atoms with E-state index in [4.69, 9.17) is 14.6 Å². The standard InChI is InChI=1S/C14H19NO4/c1-10(2)15(8-14(16)17)7-11-9-18-12-5-3-4-6-13(12)19-11/h3-6,10-11H,7-9H2,1-2H3,(H,16,17)/t11-/m0/s1. The highest BCUT2D eigenvalue weighted by Crippen LogP contribution is 2.31. The fourth-order valence-corrected chi connectivity index (χ4v) is 2.05. The molecule has 1 N–H and O–H groups in total. The van der Waals surface area contributed by atoms with Gasteiger partial charge in [0.2, 0.25) is 0 Å². The monoisotopic (exact) mass is 265 g/mol. The first-order valence-corrected chi connectivity index (χ1v) is 6.40. The maximum atomic E-state index is 10.8. The Hall–Kier alpha value is -1.75. The molecule has 1 aliphatic rings. The lowest BCUT2D eigenvalue weighted by atomic mass is 10.2. The van der Waals surface area contributed by atoms with Crippen LogP contribution < -0.4 is 9.47 Å².